The highest BCUT2D eigenvalue weighted by molar-refractivity contribution is 6.34. The lowest BCUT2D eigenvalue weighted by atomic mass is 10.2. The smallest absolute Gasteiger partial charge is 0.404 e. The van der Waals surface area contributed by atoms with Crippen molar-refractivity contribution in [3.8, 4) is 0 Å². The fourth-order valence-electron chi connectivity index (χ4n) is 1.85. The fourth-order valence-corrected chi connectivity index (χ4v) is 2.20. The molecule has 7 heteroatoms. The van der Waals surface area contributed by atoms with E-state index in [-0.39, 0.29) is 5.88 Å². The number of nitro groups is 1. The van der Waals surface area contributed by atoms with E-state index in [0.717, 1.165) is 11.4 Å². The largest absolute Gasteiger partial charge is 0.433 e. The molecule has 0 bridgehead atoms. The quantitative estimate of drug-likeness (QED) is 0.675. The van der Waals surface area contributed by atoms with Gasteiger partial charge in [-0.1, -0.05) is 17.7 Å². The number of hydrogen-bond acceptors (Lipinski definition) is 5. The van der Waals surface area contributed by atoms with E-state index in [2.05, 4.69) is 5.32 Å². The Morgan fingerprint density at radius 3 is 2.70 bits per heavy atom. The number of benzene rings is 1. The van der Waals surface area contributed by atoms with Gasteiger partial charge in [0.2, 0.25) is 0 Å². The lowest BCUT2D eigenvalue weighted by molar-refractivity contribution is -0.402. The first-order valence-corrected chi connectivity index (χ1v) is 6.29. The average molecular weight is 296 g/mol. The van der Waals surface area contributed by atoms with Crippen molar-refractivity contribution in [1.82, 2.24) is 0 Å². The van der Waals surface area contributed by atoms with Crippen LogP contribution in [0, 0.1) is 10.1 Å². The topological polar surface area (TPSA) is 71.5 Å². The molecule has 6 nitrogen and oxygen atoms in total. The van der Waals surface area contributed by atoms with Gasteiger partial charge in [-0.15, -0.1) is 0 Å². The SMILES string of the molecule is CN(C)c1c(Cl)cccc1NCc1ccc([N+](=O)[O-])o1. The van der Waals surface area contributed by atoms with Gasteiger partial charge in [0.05, 0.1) is 29.0 Å². The van der Waals surface area contributed by atoms with Crippen molar-refractivity contribution in [3.05, 3.63) is 51.2 Å². The van der Waals surface area contributed by atoms with E-state index in [1.165, 1.54) is 6.07 Å². The summed E-state index contributed by atoms with van der Waals surface area (Å²) in [6.45, 7) is 0.342. The maximum absolute atomic E-state index is 10.5. The normalized spacial score (nSPS) is 10.3. The zero-order chi connectivity index (χ0) is 14.7. The van der Waals surface area contributed by atoms with Crippen LogP contribution in [0.3, 0.4) is 0 Å². The zero-order valence-corrected chi connectivity index (χ0v) is 11.8. The van der Waals surface area contributed by atoms with Gasteiger partial charge in [0.25, 0.3) is 0 Å². The van der Waals surface area contributed by atoms with Crippen molar-refractivity contribution >= 4 is 28.9 Å². The molecule has 0 aliphatic rings. The first-order chi connectivity index (χ1) is 9.49. The molecule has 1 heterocycles. The van der Waals surface area contributed by atoms with E-state index in [9.17, 15) is 10.1 Å². The molecular weight excluding hydrogens is 282 g/mol. The Balaban J connectivity index is 2.14. The molecule has 0 atom stereocenters. The molecule has 1 N–H and O–H groups in total. The summed E-state index contributed by atoms with van der Waals surface area (Å²) < 4.78 is 5.09. The van der Waals surface area contributed by atoms with Crippen LogP contribution in [-0.2, 0) is 6.54 Å². The summed E-state index contributed by atoms with van der Waals surface area (Å²) in [5, 5.41) is 14.3. The summed E-state index contributed by atoms with van der Waals surface area (Å²) >= 11 is 6.16. The second-order valence-corrected chi connectivity index (χ2v) is 4.79. The number of para-hydroxylation sites is 1. The van der Waals surface area contributed by atoms with Gasteiger partial charge >= 0.3 is 5.88 Å². The van der Waals surface area contributed by atoms with E-state index in [4.69, 9.17) is 16.0 Å². The van der Waals surface area contributed by atoms with Crippen LogP contribution in [0.5, 0.6) is 0 Å². The van der Waals surface area contributed by atoms with Gasteiger partial charge in [0.15, 0.2) is 0 Å². The van der Waals surface area contributed by atoms with E-state index in [0.29, 0.717) is 17.3 Å². The highest BCUT2D eigenvalue weighted by Crippen LogP contribution is 2.32. The summed E-state index contributed by atoms with van der Waals surface area (Å²) in [5.41, 5.74) is 1.69. The van der Waals surface area contributed by atoms with Crippen molar-refractivity contribution in [2.24, 2.45) is 0 Å². The molecule has 106 valence electrons. The lowest BCUT2D eigenvalue weighted by Gasteiger charge is -2.19. The molecular formula is C13H14ClN3O3. The number of halogens is 1. The number of rotatable bonds is 5. The van der Waals surface area contributed by atoms with Gasteiger partial charge < -0.3 is 14.6 Å². The second kappa shape index (κ2) is 5.83. The van der Waals surface area contributed by atoms with Gasteiger partial charge in [-0.05, 0) is 18.2 Å². The number of anilines is 2. The first-order valence-electron chi connectivity index (χ1n) is 5.92. The monoisotopic (exact) mass is 295 g/mol. The molecule has 0 aliphatic carbocycles. The van der Waals surface area contributed by atoms with Crippen LogP contribution >= 0.6 is 11.6 Å². The third-order valence-corrected chi connectivity index (χ3v) is 3.02. The third kappa shape index (κ3) is 3.03. The first kappa shape index (κ1) is 14.2. The predicted molar refractivity (Wildman–Crippen MR) is 78.5 cm³/mol. The molecule has 0 aliphatic heterocycles. The minimum absolute atomic E-state index is 0.263. The van der Waals surface area contributed by atoms with Crippen molar-refractivity contribution in [2.45, 2.75) is 6.54 Å². The molecule has 1 aromatic carbocycles. The summed E-state index contributed by atoms with van der Waals surface area (Å²) in [6.07, 6.45) is 0. The van der Waals surface area contributed by atoms with Gasteiger partial charge in [-0.3, -0.25) is 10.1 Å². The van der Waals surface area contributed by atoms with Gasteiger partial charge in [-0.2, -0.15) is 0 Å². The van der Waals surface area contributed by atoms with Crippen molar-refractivity contribution in [2.75, 3.05) is 24.3 Å². The maximum Gasteiger partial charge on any atom is 0.433 e. The Morgan fingerprint density at radius 1 is 1.35 bits per heavy atom. The van der Waals surface area contributed by atoms with Gasteiger partial charge in [-0.25, -0.2) is 0 Å². The van der Waals surface area contributed by atoms with Crippen LogP contribution in [0.15, 0.2) is 34.7 Å². The molecule has 0 saturated heterocycles. The zero-order valence-electron chi connectivity index (χ0n) is 11.1. The minimum atomic E-state index is -0.561. The molecule has 0 radical (unpaired) electrons. The third-order valence-electron chi connectivity index (χ3n) is 2.71. The van der Waals surface area contributed by atoms with Crippen LogP contribution in [0.1, 0.15) is 5.76 Å². The number of hydrogen-bond donors (Lipinski definition) is 1. The summed E-state index contributed by atoms with van der Waals surface area (Å²) in [5.74, 6) is 0.224. The van der Waals surface area contributed by atoms with E-state index >= 15 is 0 Å². The Hall–Kier alpha value is -2.21. The van der Waals surface area contributed by atoms with Crippen LogP contribution < -0.4 is 10.2 Å². The lowest BCUT2D eigenvalue weighted by Crippen LogP contribution is -2.12. The van der Waals surface area contributed by atoms with Gasteiger partial charge in [0, 0.05) is 14.1 Å². The van der Waals surface area contributed by atoms with Gasteiger partial charge in [0.1, 0.15) is 10.7 Å². The number of nitrogens with one attached hydrogen (secondary N) is 1. The molecule has 0 unspecified atom stereocenters. The average Bonchev–Trinajstić information content (AvgIpc) is 2.84. The summed E-state index contributed by atoms with van der Waals surface area (Å²) in [7, 11) is 3.79. The molecule has 1 aromatic heterocycles. The Bertz CT molecular complexity index is 625. The molecule has 2 aromatic rings. The standard InChI is InChI=1S/C13H14ClN3O3/c1-16(2)13-10(14)4-3-5-11(13)15-8-9-6-7-12(20-9)17(18)19/h3-7,15H,8H2,1-2H3. The Kier molecular flexibility index (Phi) is 4.14. The number of furan rings is 1. The molecule has 0 spiro atoms. The fraction of sp³-hybridized carbons (Fsp3) is 0.231. The number of nitrogens with zero attached hydrogens (tertiary/aromatic N) is 2. The van der Waals surface area contributed by atoms with Crippen molar-refractivity contribution < 1.29 is 9.34 Å². The van der Waals surface area contributed by atoms with Crippen molar-refractivity contribution in [3.63, 3.8) is 0 Å². The second-order valence-electron chi connectivity index (χ2n) is 4.38. The molecule has 0 amide bonds. The molecule has 0 saturated carbocycles. The Labute approximate surface area is 121 Å². The van der Waals surface area contributed by atoms with E-state index in [1.54, 1.807) is 12.1 Å². The van der Waals surface area contributed by atoms with Crippen LogP contribution in [0.4, 0.5) is 17.3 Å². The molecule has 20 heavy (non-hydrogen) atoms. The van der Waals surface area contributed by atoms with Crippen molar-refractivity contribution in [1.29, 1.82) is 0 Å². The predicted octanol–water partition coefficient (Wildman–Crippen LogP) is 3.52. The van der Waals surface area contributed by atoms with E-state index in [1.807, 2.05) is 31.1 Å². The van der Waals surface area contributed by atoms with Crippen LogP contribution in [0.25, 0.3) is 0 Å². The Morgan fingerprint density at radius 2 is 2.10 bits per heavy atom. The van der Waals surface area contributed by atoms with Crippen LogP contribution in [0.2, 0.25) is 5.02 Å². The minimum Gasteiger partial charge on any atom is -0.404 e. The maximum atomic E-state index is 10.5. The highest BCUT2D eigenvalue weighted by atomic mass is 35.5. The summed E-state index contributed by atoms with van der Waals surface area (Å²) in [4.78, 5) is 11.9. The highest BCUT2D eigenvalue weighted by Gasteiger charge is 2.13. The molecule has 0 fully saturated rings. The molecule has 2 rings (SSSR count). The summed E-state index contributed by atoms with van der Waals surface area (Å²) in [6, 6.07) is 8.44. The van der Waals surface area contributed by atoms with Crippen LogP contribution in [-0.4, -0.2) is 19.0 Å². The van der Waals surface area contributed by atoms with E-state index < -0.39 is 4.92 Å².